The van der Waals surface area contributed by atoms with Gasteiger partial charge < -0.3 is 21.3 Å². The number of nitrogens with one attached hydrogen (secondary N) is 4. The van der Waals surface area contributed by atoms with Crippen LogP contribution < -0.4 is 21.3 Å². The van der Waals surface area contributed by atoms with Crippen LogP contribution in [0.1, 0.15) is 22.3 Å². The van der Waals surface area contributed by atoms with Crippen molar-refractivity contribution in [3.05, 3.63) is 119 Å². The molecule has 4 aromatic rings. The van der Waals surface area contributed by atoms with Gasteiger partial charge in [0.25, 0.3) is 0 Å². The molecule has 0 heterocycles. The zero-order valence-corrected chi connectivity index (χ0v) is 25.9. The molecule has 4 aromatic carbocycles. The van der Waals surface area contributed by atoms with Crippen molar-refractivity contribution in [2.24, 2.45) is 5.41 Å². The van der Waals surface area contributed by atoms with E-state index in [1.54, 1.807) is 62.4 Å². The van der Waals surface area contributed by atoms with Gasteiger partial charge in [0.2, 0.25) is 0 Å². The van der Waals surface area contributed by atoms with Crippen LogP contribution in [-0.2, 0) is 12.8 Å². The van der Waals surface area contributed by atoms with Gasteiger partial charge in [-0.15, -0.1) is 0 Å². The molecule has 0 atom stereocenters. The summed E-state index contributed by atoms with van der Waals surface area (Å²) in [6.45, 7) is 3.35. The van der Waals surface area contributed by atoms with Crippen molar-refractivity contribution in [1.82, 2.24) is 0 Å². The second kappa shape index (κ2) is 13.9. The molecule has 12 heteroatoms. The summed E-state index contributed by atoms with van der Waals surface area (Å²) in [6.07, 6.45) is -13.9. The third-order valence-electron chi connectivity index (χ3n) is 7.26. The molecule has 0 aromatic heterocycles. The maximum absolute atomic E-state index is 14.7. The number of benzene rings is 4. The van der Waals surface area contributed by atoms with Crippen LogP contribution in [-0.4, -0.2) is 22.6 Å². The summed E-state index contributed by atoms with van der Waals surface area (Å²) < 4.78 is 88.2. The molecule has 4 N–H and O–H groups in total. The Morgan fingerprint density at radius 1 is 0.533 bits per heavy atom. The second-order valence-corrected chi connectivity index (χ2v) is 11.4. The lowest BCUT2D eigenvalue weighted by Crippen LogP contribution is -2.53. The van der Waals surface area contributed by atoms with Crippen LogP contribution in [0, 0.1) is 19.3 Å². The first-order valence-electron chi connectivity index (χ1n) is 13.8. The Bertz CT molecular complexity index is 1520. The number of thiocarbonyl (C=S) groups is 2. The summed E-state index contributed by atoms with van der Waals surface area (Å²) in [5, 5.41) is 11.9. The average Bonchev–Trinajstić information content (AvgIpc) is 2.96. The van der Waals surface area contributed by atoms with Crippen LogP contribution in [0.5, 0.6) is 0 Å². The van der Waals surface area contributed by atoms with E-state index in [9.17, 15) is 26.3 Å². The largest absolute Gasteiger partial charge is 0.403 e. The summed E-state index contributed by atoms with van der Waals surface area (Å²) in [6, 6.07) is 25.8. The molecule has 4 rings (SSSR count). The normalized spacial score (nSPS) is 11.9. The van der Waals surface area contributed by atoms with Crippen molar-refractivity contribution in [3.63, 3.8) is 0 Å². The fraction of sp³-hybridized carbons (Fsp3) is 0.212. The van der Waals surface area contributed by atoms with E-state index in [2.05, 4.69) is 21.3 Å². The van der Waals surface area contributed by atoms with Crippen LogP contribution in [0.4, 0.5) is 49.1 Å². The molecule has 0 radical (unpaired) electrons. The summed E-state index contributed by atoms with van der Waals surface area (Å²) >= 11 is 10.6. The van der Waals surface area contributed by atoms with Gasteiger partial charge in [-0.25, -0.2) is 0 Å². The third-order valence-corrected chi connectivity index (χ3v) is 7.67. The van der Waals surface area contributed by atoms with Crippen LogP contribution in [0.3, 0.4) is 0 Å². The van der Waals surface area contributed by atoms with E-state index in [1.807, 2.05) is 12.1 Å². The first-order chi connectivity index (χ1) is 21.2. The van der Waals surface area contributed by atoms with Gasteiger partial charge in [0.15, 0.2) is 15.6 Å². The van der Waals surface area contributed by atoms with Gasteiger partial charge in [-0.05, 0) is 110 Å². The lowest BCUT2D eigenvalue weighted by atomic mass is 9.74. The Morgan fingerprint density at radius 3 is 1.22 bits per heavy atom. The summed E-state index contributed by atoms with van der Waals surface area (Å²) in [7, 11) is 0. The molecule has 0 fully saturated rings. The van der Waals surface area contributed by atoms with E-state index in [-0.39, 0.29) is 21.4 Å². The Hall–Kier alpha value is -4.16. The van der Waals surface area contributed by atoms with Crippen molar-refractivity contribution in [1.29, 1.82) is 0 Å². The molecule has 0 aliphatic carbocycles. The highest BCUT2D eigenvalue weighted by atomic mass is 32.1. The number of hydrogen-bond acceptors (Lipinski definition) is 2. The number of hydrogen-bond donors (Lipinski definition) is 4. The van der Waals surface area contributed by atoms with Crippen LogP contribution in [0.2, 0.25) is 0 Å². The Balaban J connectivity index is 1.62. The molecule has 0 saturated carbocycles. The molecule has 0 spiro atoms. The smallest absolute Gasteiger partial charge is 0.332 e. The van der Waals surface area contributed by atoms with E-state index in [0.717, 1.165) is 0 Å². The predicted molar refractivity (Wildman–Crippen MR) is 177 cm³/mol. The molecule has 0 aliphatic heterocycles. The topological polar surface area (TPSA) is 48.1 Å². The highest BCUT2D eigenvalue weighted by molar-refractivity contribution is 7.81. The highest BCUT2D eigenvalue weighted by Crippen LogP contribution is 2.54. The number of para-hydroxylation sites is 2. The van der Waals surface area contributed by atoms with Gasteiger partial charge in [0, 0.05) is 22.7 Å². The van der Waals surface area contributed by atoms with Crippen molar-refractivity contribution in [2.75, 3.05) is 21.3 Å². The molecule has 4 nitrogen and oxygen atoms in total. The minimum absolute atomic E-state index is 0.138. The second-order valence-electron chi connectivity index (χ2n) is 10.6. The van der Waals surface area contributed by atoms with Gasteiger partial charge in [-0.1, -0.05) is 60.7 Å². The first kappa shape index (κ1) is 33.7. The monoisotopic (exact) mass is 660 g/mol. The number of rotatable bonds is 8. The molecular weight excluding hydrogens is 631 g/mol. The van der Waals surface area contributed by atoms with Gasteiger partial charge >= 0.3 is 12.4 Å². The first-order valence-corrected chi connectivity index (χ1v) is 14.6. The Morgan fingerprint density at radius 2 is 0.889 bits per heavy atom. The fourth-order valence-corrected chi connectivity index (χ4v) is 5.22. The number of alkyl halides is 6. The molecule has 0 bridgehead atoms. The van der Waals surface area contributed by atoms with Gasteiger partial charge in [0.1, 0.15) is 0 Å². The Kier molecular flexibility index (Phi) is 10.4. The summed E-state index contributed by atoms with van der Waals surface area (Å²) in [5.41, 5.74) is -1.28. The number of halogens is 6. The minimum atomic E-state index is -5.63. The van der Waals surface area contributed by atoms with Gasteiger partial charge in [-0.3, -0.25) is 0 Å². The average molecular weight is 661 g/mol. The van der Waals surface area contributed by atoms with Crippen molar-refractivity contribution < 1.29 is 26.3 Å². The van der Waals surface area contributed by atoms with Gasteiger partial charge in [-0.2, -0.15) is 26.3 Å². The van der Waals surface area contributed by atoms with Crippen molar-refractivity contribution in [3.8, 4) is 0 Å². The van der Waals surface area contributed by atoms with Crippen LogP contribution in [0.25, 0.3) is 0 Å². The predicted octanol–water partition coefficient (Wildman–Crippen LogP) is 9.82. The minimum Gasteiger partial charge on any atom is -0.332 e. The zero-order chi connectivity index (χ0) is 32.8. The molecule has 0 amide bonds. The van der Waals surface area contributed by atoms with E-state index in [1.165, 1.54) is 36.4 Å². The molecule has 0 unspecified atom stereocenters. The summed E-state index contributed by atoms with van der Waals surface area (Å²) in [4.78, 5) is 0. The fourth-order valence-electron chi connectivity index (χ4n) is 4.76. The van der Waals surface area contributed by atoms with E-state index in [0.29, 0.717) is 33.9 Å². The highest BCUT2D eigenvalue weighted by Gasteiger charge is 2.70. The maximum Gasteiger partial charge on any atom is 0.403 e. The van der Waals surface area contributed by atoms with Crippen LogP contribution >= 0.6 is 24.4 Å². The van der Waals surface area contributed by atoms with Crippen molar-refractivity contribution in [2.45, 2.75) is 39.0 Å². The maximum atomic E-state index is 14.7. The molecule has 0 saturated heterocycles. The number of aryl methyl sites for hydroxylation is 2. The van der Waals surface area contributed by atoms with Crippen LogP contribution in [0.15, 0.2) is 97.1 Å². The zero-order valence-electron chi connectivity index (χ0n) is 24.2. The van der Waals surface area contributed by atoms with E-state index < -0.39 is 30.6 Å². The Labute approximate surface area is 268 Å². The number of anilines is 4. The lowest BCUT2D eigenvalue weighted by Gasteiger charge is -2.38. The van der Waals surface area contributed by atoms with E-state index in [4.69, 9.17) is 24.4 Å². The molecular formula is C33H30F6N4S2. The van der Waals surface area contributed by atoms with E-state index >= 15 is 0 Å². The SMILES string of the molecule is Cc1ccc(CC(Cc2ccc(C)c(NC(=S)Nc3ccccc3)c2)(C(F)(F)F)C(F)(F)F)cc1NC(=S)Nc1ccccc1. The van der Waals surface area contributed by atoms with Crippen molar-refractivity contribution >= 4 is 57.4 Å². The lowest BCUT2D eigenvalue weighted by molar-refractivity contribution is -0.340. The molecule has 236 valence electrons. The molecule has 45 heavy (non-hydrogen) atoms. The quantitative estimate of drug-likeness (QED) is 0.112. The standard InChI is InChI=1S/C33H30F6N4S2/c1-21-13-15-23(17-27(21)42-29(44)40-25-9-5-3-6-10-25)19-31(32(34,35)36,33(37,38)39)20-24-16-14-22(2)28(18-24)43-30(45)41-26-11-7-4-8-12-26/h3-18H,19-20H2,1-2H3,(H2,40,42,44)(H2,41,43,45). The summed E-state index contributed by atoms with van der Waals surface area (Å²) in [5.74, 6) is 0. The third kappa shape index (κ3) is 8.52. The van der Waals surface area contributed by atoms with Gasteiger partial charge in [0.05, 0.1) is 0 Å². The molecule has 0 aliphatic rings.